The van der Waals surface area contributed by atoms with Gasteiger partial charge in [-0.3, -0.25) is 14.6 Å². The Morgan fingerprint density at radius 2 is 1.74 bits per heavy atom. The highest BCUT2D eigenvalue weighted by Gasteiger charge is 2.41. The Labute approximate surface area is 112 Å². The predicted octanol–water partition coefficient (Wildman–Crippen LogP) is 1.23. The summed E-state index contributed by atoms with van der Waals surface area (Å²) in [5, 5.41) is 2.82. The molecule has 1 aliphatic carbocycles. The lowest BCUT2D eigenvalue weighted by molar-refractivity contribution is -0.123. The van der Waals surface area contributed by atoms with Gasteiger partial charge in [0, 0.05) is 17.0 Å². The monoisotopic (exact) mass is 261 g/mol. The van der Waals surface area contributed by atoms with Crippen LogP contribution in [0.25, 0.3) is 0 Å². The van der Waals surface area contributed by atoms with Crippen molar-refractivity contribution in [2.24, 2.45) is 5.73 Å². The molecule has 2 amide bonds. The predicted molar refractivity (Wildman–Crippen MR) is 71.6 cm³/mol. The van der Waals surface area contributed by atoms with Gasteiger partial charge in [-0.15, -0.1) is 0 Å². The average Bonchev–Trinajstić information content (AvgIpc) is 2.77. The molecule has 1 aromatic heterocycles. The number of hydrogen-bond acceptors (Lipinski definition) is 3. The summed E-state index contributed by atoms with van der Waals surface area (Å²) in [6, 6.07) is 3.43. The van der Waals surface area contributed by atoms with Crippen molar-refractivity contribution in [3.05, 3.63) is 29.1 Å². The molecular weight excluding hydrogens is 242 g/mol. The maximum atomic E-state index is 12.3. The van der Waals surface area contributed by atoms with E-state index < -0.39 is 11.4 Å². The molecule has 1 fully saturated rings. The molecule has 0 unspecified atom stereocenters. The quantitative estimate of drug-likeness (QED) is 0.858. The SMILES string of the molecule is Cc1cc(C(=O)NC2(C(N)=O)CCCC2)cc(C)n1. The van der Waals surface area contributed by atoms with Gasteiger partial charge in [0.25, 0.3) is 5.91 Å². The number of nitrogens with two attached hydrogens (primary N) is 1. The van der Waals surface area contributed by atoms with Crippen LogP contribution in [0, 0.1) is 13.8 Å². The molecule has 0 aromatic carbocycles. The second-order valence-electron chi connectivity index (χ2n) is 5.25. The normalized spacial score (nSPS) is 17.2. The summed E-state index contributed by atoms with van der Waals surface area (Å²) in [5.41, 5.74) is 6.67. The highest BCUT2D eigenvalue weighted by atomic mass is 16.2. The Balaban J connectivity index is 2.22. The topological polar surface area (TPSA) is 85.1 Å². The summed E-state index contributed by atoms with van der Waals surface area (Å²) in [5.74, 6) is -0.699. The summed E-state index contributed by atoms with van der Waals surface area (Å²) >= 11 is 0. The number of hydrogen-bond donors (Lipinski definition) is 2. The van der Waals surface area contributed by atoms with Gasteiger partial charge in [0.05, 0.1) is 0 Å². The number of amides is 2. The van der Waals surface area contributed by atoms with Crippen molar-refractivity contribution in [2.45, 2.75) is 45.1 Å². The first-order chi connectivity index (χ1) is 8.93. The summed E-state index contributed by atoms with van der Waals surface area (Å²) in [6.45, 7) is 3.67. The third kappa shape index (κ3) is 2.75. The molecular formula is C14H19N3O2. The minimum Gasteiger partial charge on any atom is -0.368 e. The Bertz CT molecular complexity index is 499. The third-order valence-electron chi connectivity index (χ3n) is 3.63. The van der Waals surface area contributed by atoms with Gasteiger partial charge in [-0.2, -0.15) is 0 Å². The smallest absolute Gasteiger partial charge is 0.252 e. The molecule has 5 heteroatoms. The van der Waals surface area contributed by atoms with E-state index in [0.717, 1.165) is 24.2 Å². The van der Waals surface area contributed by atoms with Gasteiger partial charge in [0.15, 0.2) is 0 Å². The fourth-order valence-electron chi connectivity index (χ4n) is 2.67. The molecule has 1 heterocycles. The van der Waals surface area contributed by atoms with Crippen molar-refractivity contribution in [3.8, 4) is 0 Å². The zero-order valence-corrected chi connectivity index (χ0v) is 11.3. The van der Waals surface area contributed by atoms with Gasteiger partial charge < -0.3 is 11.1 Å². The highest BCUT2D eigenvalue weighted by Crippen LogP contribution is 2.29. The van der Waals surface area contributed by atoms with Crippen molar-refractivity contribution in [2.75, 3.05) is 0 Å². The fourth-order valence-corrected chi connectivity index (χ4v) is 2.67. The molecule has 0 saturated heterocycles. The average molecular weight is 261 g/mol. The van der Waals surface area contributed by atoms with Crippen molar-refractivity contribution in [3.63, 3.8) is 0 Å². The summed E-state index contributed by atoms with van der Waals surface area (Å²) < 4.78 is 0. The van der Waals surface area contributed by atoms with Crippen molar-refractivity contribution >= 4 is 11.8 Å². The van der Waals surface area contributed by atoms with E-state index in [0.29, 0.717) is 18.4 Å². The number of pyridine rings is 1. The van der Waals surface area contributed by atoms with E-state index in [2.05, 4.69) is 10.3 Å². The van der Waals surface area contributed by atoms with Crippen LogP contribution in [0.4, 0.5) is 0 Å². The van der Waals surface area contributed by atoms with Crippen LogP contribution in [-0.4, -0.2) is 22.3 Å². The van der Waals surface area contributed by atoms with Crippen LogP contribution in [-0.2, 0) is 4.79 Å². The summed E-state index contributed by atoms with van der Waals surface area (Å²) in [4.78, 5) is 28.1. The van der Waals surface area contributed by atoms with Crippen LogP contribution in [0.1, 0.15) is 47.4 Å². The van der Waals surface area contributed by atoms with E-state index in [4.69, 9.17) is 5.73 Å². The number of nitrogens with one attached hydrogen (secondary N) is 1. The lowest BCUT2D eigenvalue weighted by atomic mass is 9.96. The molecule has 0 radical (unpaired) electrons. The maximum absolute atomic E-state index is 12.3. The fraction of sp³-hybridized carbons (Fsp3) is 0.500. The molecule has 0 spiro atoms. The van der Waals surface area contributed by atoms with Gasteiger partial charge >= 0.3 is 0 Å². The molecule has 1 aromatic rings. The van der Waals surface area contributed by atoms with E-state index in [1.165, 1.54) is 0 Å². The van der Waals surface area contributed by atoms with E-state index >= 15 is 0 Å². The van der Waals surface area contributed by atoms with Crippen LogP contribution >= 0.6 is 0 Å². The Hall–Kier alpha value is -1.91. The van der Waals surface area contributed by atoms with Crippen LogP contribution < -0.4 is 11.1 Å². The first kappa shape index (κ1) is 13.5. The Morgan fingerprint density at radius 1 is 1.21 bits per heavy atom. The van der Waals surface area contributed by atoms with Gasteiger partial charge in [0.2, 0.25) is 5.91 Å². The molecule has 1 aliphatic rings. The van der Waals surface area contributed by atoms with Crippen molar-refractivity contribution in [1.82, 2.24) is 10.3 Å². The summed E-state index contributed by atoms with van der Waals surface area (Å²) in [6.07, 6.45) is 3.07. The van der Waals surface area contributed by atoms with Crippen LogP contribution in [0.15, 0.2) is 12.1 Å². The molecule has 0 bridgehead atoms. The largest absolute Gasteiger partial charge is 0.368 e. The van der Waals surface area contributed by atoms with Gasteiger partial charge in [0.1, 0.15) is 5.54 Å². The Kier molecular flexibility index (Phi) is 3.55. The zero-order valence-electron chi connectivity index (χ0n) is 11.3. The molecule has 0 aliphatic heterocycles. The molecule has 3 N–H and O–H groups in total. The van der Waals surface area contributed by atoms with Crippen molar-refractivity contribution < 1.29 is 9.59 Å². The molecule has 0 atom stereocenters. The number of primary amides is 1. The molecule has 2 rings (SSSR count). The second-order valence-corrected chi connectivity index (χ2v) is 5.25. The number of carbonyl (C=O) groups is 2. The van der Waals surface area contributed by atoms with Crippen LogP contribution in [0.5, 0.6) is 0 Å². The van der Waals surface area contributed by atoms with Crippen molar-refractivity contribution in [1.29, 1.82) is 0 Å². The lowest BCUT2D eigenvalue weighted by Crippen LogP contribution is -2.55. The summed E-state index contributed by atoms with van der Waals surface area (Å²) in [7, 11) is 0. The lowest BCUT2D eigenvalue weighted by Gasteiger charge is -2.26. The maximum Gasteiger partial charge on any atom is 0.252 e. The molecule has 1 saturated carbocycles. The standard InChI is InChI=1S/C14H19N3O2/c1-9-7-11(8-10(2)16-9)12(18)17-14(13(15)19)5-3-4-6-14/h7-8H,3-6H2,1-2H3,(H2,15,19)(H,17,18). The van der Waals surface area contributed by atoms with Crippen LogP contribution in [0.3, 0.4) is 0 Å². The zero-order chi connectivity index (χ0) is 14.0. The number of aryl methyl sites for hydroxylation is 2. The molecule has 5 nitrogen and oxygen atoms in total. The number of nitrogens with zero attached hydrogens (tertiary/aromatic N) is 1. The van der Waals surface area contributed by atoms with Crippen LogP contribution in [0.2, 0.25) is 0 Å². The number of carbonyl (C=O) groups excluding carboxylic acids is 2. The highest BCUT2D eigenvalue weighted by molar-refractivity contribution is 5.99. The minimum atomic E-state index is -0.873. The number of aromatic nitrogens is 1. The first-order valence-electron chi connectivity index (χ1n) is 6.51. The third-order valence-corrected chi connectivity index (χ3v) is 3.63. The van der Waals surface area contributed by atoms with Gasteiger partial charge in [-0.25, -0.2) is 0 Å². The molecule has 19 heavy (non-hydrogen) atoms. The van der Waals surface area contributed by atoms with Gasteiger partial charge in [-0.1, -0.05) is 12.8 Å². The first-order valence-corrected chi connectivity index (χ1v) is 6.51. The van der Waals surface area contributed by atoms with E-state index in [-0.39, 0.29) is 5.91 Å². The van der Waals surface area contributed by atoms with E-state index in [9.17, 15) is 9.59 Å². The number of rotatable bonds is 3. The minimum absolute atomic E-state index is 0.255. The molecule has 102 valence electrons. The van der Waals surface area contributed by atoms with Gasteiger partial charge in [-0.05, 0) is 38.8 Å². The van der Waals surface area contributed by atoms with E-state index in [1.54, 1.807) is 12.1 Å². The van der Waals surface area contributed by atoms with E-state index in [1.807, 2.05) is 13.8 Å². The Morgan fingerprint density at radius 3 is 2.21 bits per heavy atom. The second kappa shape index (κ2) is 4.99.